The zero-order chi connectivity index (χ0) is 18.5. The molecule has 2 N–H and O–H groups in total. The molecular formula is C20H28Cl2N4. The maximum Gasteiger partial charge on any atom is 0.0950 e. The van der Waals surface area contributed by atoms with Crippen LogP contribution >= 0.6 is 23.2 Å². The fourth-order valence-electron chi connectivity index (χ4n) is 3.87. The average Bonchev–Trinajstić information content (AvgIpc) is 2.94. The molecule has 0 spiro atoms. The molecule has 1 fully saturated rings. The lowest BCUT2D eigenvalue weighted by Crippen LogP contribution is -2.32. The Morgan fingerprint density at radius 2 is 1.73 bits per heavy atom. The van der Waals surface area contributed by atoms with Crippen molar-refractivity contribution >= 4 is 23.2 Å². The molecule has 0 aliphatic heterocycles. The molecule has 0 amide bonds. The minimum Gasteiger partial charge on any atom is -0.330 e. The van der Waals surface area contributed by atoms with Crippen LogP contribution in [0.25, 0.3) is 0 Å². The van der Waals surface area contributed by atoms with Crippen LogP contribution in [0.5, 0.6) is 0 Å². The monoisotopic (exact) mass is 394 g/mol. The Hall–Kier alpha value is -1.07. The van der Waals surface area contributed by atoms with E-state index in [4.69, 9.17) is 28.9 Å². The Bertz CT molecular complexity index is 690. The van der Waals surface area contributed by atoms with Crippen molar-refractivity contribution in [3.05, 3.63) is 51.8 Å². The van der Waals surface area contributed by atoms with Crippen molar-refractivity contribution in [3.8, 4) is 0 Å². The molecule has 0 atom stereocenters. The highest BCUT2D eigenvalue weighted by molar-refractivity contribution is 6.31. The van der Waals surface area contributed by atoms with Crippen LogP contribution in [0.1, 0.15) is 36.9 Å². The van der Waals surface area contributed by atoms with Gasteiger partial charge in [-0.05, 0) is 61.8 Å². The normalized spacial score (nSPS) is 20.7. The predicted molar refractivity (Wildman–Crippen MR) is 108 cm³/mol. The van der Waals surface area contributed by atoms with Gasteiger partial charge in [0.15, 0.2) is 0 Å². The molecule has 1 aromatic carbocycles. The number of aromatic nitrogens is 2. The number of aryl methyl sites for hydroxylation is 1. The van der Waals surface area contributed by atoms with E-state index in [0.29, 0.717) is 11.8 Å². The van der Waals surface area contributed by atoms with E-state index >= 15 is 0 Å². The number of hydrogen-bond donors (Lipinski definition) is 1. The number of halogens is 2. The minimum atomic E-state index is 0.709. The van der Waals surface area contributed by atoms with Crippen LogP contribution in [0.3, 0.4) is 0 Å². The predicted octanol–water partition coefficient (Wildman–Crippen LogP) is 4.49. The molecule has 6 heteroatoms. The summed E-state index contributed by atoms with van der Waals surface area (Å²) < 4.78 is 1.78. The lowest BCUT2D eigenvalue weighted by atomic mass is 9.82. The van der Waals surface area contributed by atoms with E-state index in [1.165, 1.54) is 31.2 Å². The van der Waals surface area contributed by atoms with Crippen molar-refractivity contribution in [2.24, 2.45) is 24.6 Å². The summed E-state index contributed by atoms with van der Waals surface area (Å²) in [5, 5.41) is 6.04. The van der Waals surface area contributed by atoms with Gasteiger partial charge in [0, 0.05) is 37.9 Å². The molecule has 3 rings (SSSR count). The number of nitrogens with two attached hydrogens (primary N) is 1. The summed E-state index contributed by atoms with van der Waals surface area (Å²) in [5.74, 6) is 1.42. The Morgan fingerprint density at radius 1 is 1.08 bits per heavy atom. The number of benzene rings is 1. The van der Waals surface area contributed by atoms with Crippen LogP contribution < -0.4 is 5.73 Å². The van der Waals surface area contributed by atoms with E-state index in [1.807, 2.05) is 25.4 Å². The second kappa shape index (κ2) is 9.23. The number of hydrogen-bond acceptors (Lipinski definition) is 3. The summed E-state index contributed by atoms with van der Waals surface area (Å²) in [6.07, 6.45) is 6.88. The summed E-state index contributed by atoms with van der Waals surface area (Å²) >= 11 is 12.4. The highest BCUT2D eigenvalue weighted by atomic mass is 35.5. The van der Waals surface area contributed by atoms with Crippen molar-refractivity contribution in [1.29, 1.82) is 0 Å². The Kier molecular flexibility index (Phi) is 6.98. The topological polar surface area (TPSA) is 47.1 Å². The fraction of sp³-hybridized carbons (Fsp3) is 0.550. The van der Waals surface area contributed by atoms with E-state index in [0.717, 1.165) is 41.9 Å². The van der Waals surface area contributed by atoms with Crippen LogP contribution in [0.2, 0.25) is 10.0 Å². The quantitative estimate of drug-likeness (QED) is 0.751. The van der Waals surface area contributed by atoms with Crippen LogP contribution in [-0.2, 0) is 20.1 Å². The van der Waals surface area contributed by atoms with Crippen LogP contribution in [0, 0.1) is 11.8 Å². The minimum absolute atomic E-state index is 0.709. The smallest absolute Gasteiger partial charge is 0.0950 e. The van der Waals surface area contributed by atoms with Crippen molar-refractivity contribution < 1.29 is 0 Å². The van der Waals surface area contributed by atoms with E-state index in [9.17, 15) is 0 Å². The van der Waals surface area contributed by atoms with Gasteiger partial charge in [-0.2, -0.15) is 5.10 Å². The third kappa shape index (κ3) is 5.46. The molecule has 0 bridgehead atoms. The molecule has 4 nitrogen and oxygen atoms in total. The van der Waals surface area contributed by atoms with Gasteiger partial charge in [-0.1, -0.05) is 35.3 Å². The maximum atomic E-state index is 6.35. The van der Waals surface area contributed by atoms with Gasteiger partial charge < -0.3 is 5.73 Å². The van der Waals surface area contributed by atoms with Crippen molar-refractivity contribution in [2.75, 3.05) is 13.1 Å². The van der Waals surface area contributed by atoms with Gasteiger partial charge in [0.1, 0.15) is 0 Å². The molecule has 0 radical (unpaired) electrons. The highest BCUT2D eigenvalue weighted by Gasteiger charge is 2.23. The molecule has 142 valence electrons. The van der Waals surface area contributed by atoms with E-state index in [2.05, 4.69) is 22.1 Å². The lowest BCUT2D eigenvalue weighted by molar-refractivity contribution is 0.168. The molecular weight excluding hydrogens is 367 g/mol. The third-order valence-corrected chi connectivity index (χ3v) is 5.93. The molecule has 26 heavy (non-hydrogen) atoms. The third-order valence-electron chi connectivity index (χ3n) is 5.36. The Morgan fingerprint density at radius 3 is 2.31 bits per heavy atom. The van der Waals surface area contributed by atoms with Crippen molar-refractivity contribution in [2.45, 2.75) is 38.8 Å². The fourth-order valence-corrected chi connectivity index (χ4v) is 4.24. The van der Waals surface area contributed by atoms with Gasteiger partial charge in [-0.15, -0.1) is 0 Å². The molecule has 1 aliphatic carbocycles. The summed E-state index contributed by atoms with van der Waals surface area (Å²) in [5.41, 5.74) is 8.04. The second-order valence-electron chi connectivity index (χ2n) is 7.52. The molecule has 2 aromatic rings. The first-order chi connectivity index (χ1) is 12.5. The van der Waals surface area contributed by atoms with Gasteiger partial charge in [0.2, 0.25) is 0 Å². The summed E-state index contributed by atoms with van der Waals surface area (Å²) in [7, 11) is 1.91. The highest BCUT2D eigenvalue weighted by Crippen LogP contribution is 2.30. The molecule has 1 aromatic heterocycles. The molecule has 0 unspecified atom stereocenters. The zero-order valence-corrected chi connectivity index (χ0v) is 16.9. The lowest BCUT2D eigenvalue weighted by Gasteiger charge is -2.32. The number of nitrogens with zero attached hydrogens (tertiary/aromatic N) is 3. The van der Waals surface area contributed by atoms with Crippen molar-refractivity contribution in [3.63, 3.8) is 0 Å². The summed E-state index contributed by atoms with van der Waals surface area (Å²) in [6, 6.07) is 8.10. The van der Waals surface area contributed by atoms with Gasteiger partial charge in [0.25, 0.3) is 0 Å². The van der Waals surface area contributed by atoms with E-state index in [-0.39, 0.29) is 0 Å². The molecule has 0 saturated heterocycles. The molecule has 1 saturated carbocycles. The first-order valence-corrected chi connectivity index (χ1v) is 10.1. The Balaban J connectivity index is 1.68. The standard InChI is InChI=1S/C20H28Cl2N4/c1-25-13-19(22)20(24-25)14-26(12-17-6-8-18(21)9-7-17)11-16-4-2-15(10-23)3-5-16/h6-9,13,15-16H,2-5,10-12,14,23H2,1H3. The average molecular weight is 395 g/mol. The van der Waals surface area contributed by atoms with E-state index in [1.54, 1.807) is 4.68 Å². The van der Waals surface area contributed by atoms with Gasteiger partial charge in [0.05, 0.1) is 10.7 Å². The Labute approximate surface area is 166 Å². The van der Waals surface area contributed by atoms with Crippen molar-refractivity contribution in [1.82, 2.24) is 14.7 Å². The van der Waals surface area contributed by atoms with Crippen LogP contribution in [0.15, 0.2) is 30.5 Å². The van der Waals surface area contributed by atoms with Gasteiger partial charge in [-0.3, -0.25) is 9.58 Å². The summed E-state index contributed by atoms with van der Waals surface area (Å²) in [4.78, 5) is 2.46. The summed E-state index contributed by atoms with van der Waals surface area (Å²) in [6.45, 7) is 3.53. The first-order valence-electron chi connectivity index (χ1n) is 9.38. The largest absolute Gasteiger partial charge is 0.330 e. The maximum absolute atomic E-state index is 6.35. The van der Waals surface area contributed by atoms with Crippen LogP contribution in [-0.4, -0.2) is 27.8 Å². The van der Waals surface area contributed by atoms with E-state index < -0.39 is 0 Å². The SMILES string of the molecule is Cn1cc(Cl)c(CN(Cc2ccc(Cl)cc2)CC2CCC(CN)CC2)n1. The van der Waals surface area contributed by atoms with Crippen LogP contribution in [0.4, 0.5) is 0 Å². The molecule has 1 heterocycles. The zero-order valence-electron chi connectivity index (χ0n) is 15.4. The number of rotatable bonds is 7. The first kappa shape index (κ1) is 19.7. The van der Waals surface area contributed by atoms with Gasteiger partial charge in [-0.25, -0.2) is 0 Å². The second-order valence-corrected chi connectivity index (χ2v) is 8.36. The molecule has 1 aliphatic rings. The van der Waals surface area contributed by atoms with Gasteiger partial charge >= 0.3 is 0 Å².